The number of thiophene rings is 1. The summed E-state index contributed by atoms with van der Waals surface area (Å²) in [4.78, 5) is 1.24. The summed E-state index contributed by atoms with van der Waals surface area (Å²) in [5.74, 6) is 5.60. The van der Waals surface area contributed by atoms with Crippen LogP contribution in [0.2, 0.25) is 10.0 Å². The predicted octanol–water partition coefficient (Wildman–Crippen LogP) is 3.80. The zero-order chi connectivity index (χ0) is 12.3. The average molecular weight is 287 g/mol. The summed E-state index contributed by atoms with van der Waals surface area (Å²) in [6.45, 7) is 0. The van der Waals surface area contributed by atoms with Gasteiger partial charge in [0, 0.05) is 26.9 Å². The van der Waals surface area contributed by atoms with Crippen molar-refractivity contribution in [2.45, 2.75) is 12.5 Å². The van der Waals surface area contributed by atoms with Crippen LogP contribution in [0.25, 0.3) is 0 Å². The number of nitrogens with two attached hydrogens (primary N) is 1. The zero-order valence-electron chi connectivity index (χ0n) is 8.99. The SMILES string of the molecule is NNC(Cc1cccs1)c1c(Cl)cccc1Cl. The van der Waals surface area contributed by atoms with Gasteiger partial charge in [-0.1, -0.05) is 35.3 Å². The predicted molar refractivity (Wildman–Crippen MR) is 74.5 cm³/mol. The molecule has 90 valence electrons. The smallest absolute Gasteiger partial charge is 0.0537 e. The van der Waals surface area contributed by atoms with Gasteiger partial charge in [0.1, 0.15) is 0 Å². The minimum absolute atomic E-state index is 0.0742. The number of nitrogens with one attached hydrogen (secondary N) is 1. The molecule has 2 rings (SSSR count). The number of hydrazine groups is 1. The molecule has 0 aliphatic rings. The Morgan fingerprint density at radius 1 is 1.18 bits per heavy atom. The molecule has 0 aliphatic carbocycles. The average Bonchev–Trinajstić information content (AvgIpc) is 2.80. The molecule has 1 heterocycles. The topological polar surface area (TPSA) is 38.0 Å². The summed E-state index contributed by atoms with van der Waals surface area (Å²) in [7, 11) is 0. The van der Waals surface area contributed by atoms with Gasteiger partial charge in [-0.05, 0) is 23.6 Å². The second-order valence-electron chi connectivity index (χ2n) is 3.64. The van der Waals surface area contributed by atoms with E-state index in [0.717, 1.165) is 12.0 Å². The Bertz CT molecular complexity index is 465. The van der Waals surface area contributed by atoms with Crippen LogP contribution in [0.5, 0.6) is 0 Å². The minimum Gasteiger partial charge on any atom is -0.271 e. The van der Waals surface area contributed by atoms with Crippen molar-refractivity contribution in [3.63, 3.8) is 0 Å². The van der Waals surface area contributed by atoms with E-state index in [9.17, 15) is 0 Å². The minimum atomic E-state index is -0.0742. The zero-order valence-corrected chi connectivity index (χ0v) is 11.3. The van der Waals surface area contributed by atoms with Crippen LogP contribution in [0.1, 0.15) is 16.5 Å². The first-order chi connectivity index (χ1) is 8.22. The molecule has 1 aromatic heterocycles. The molecule has 3 N–H and O–H groups in total. The van der Waals surface area contributed by atoms with Crippen molar-refractivity contribution in [3.8, 4) is 0 Å². The lowest BCUT2D eigenvalue weighted by atomic mass is 10.0. The summed E-state index contributed by atoms with van der Waals surface area (Å²) in [5, 5.41) is 3.31. The van der Waals surface area contributed by atoms with Crippen molar-refractivity contribution in [1.29, 1.82) is 0 Å². The van der Waals surface area contributed by atoms with E-state index in [4.69, 9.17) is 29.0 Å². The van der Waals surface area contributed by atoms with Crippen molar-refractivity contribution in [1.82, 2.24) is 5.43 Å². The van der Waals surface area contributed by atoms with Crippen LogP contribution >= 0.6 is 34.5 Å². The first-order valence-corrected chi connectivity index (χ1v) is 6.78. The molecule has 0 radical (unpaired) electrons. The molecule has 0 fully saturated rings. The van der Waals surface area contributed by atoms with E-state index < -0.39 is 0 Å². The van der Waals surface area contributed by atoms with Gasteiger partial charge in [-0.15, -0.1) is 11.3 Å². The lowest BCUT2D eigenvalue weighted by Crippen LogP contribution is -2.29. The molecular weight excluding hydrogens is 275 g/mol. The van der Waals surface area contributed by atoms with Crippen LogP contribution in [0, 0.1) is 0 Å². The van der Waals surface area contributed by atoms with Crippen molar-refractivity contribution >= 4 is 34.5 Å². The maximum atomic E-state index is 6.17. The van der Waals surface area contributed by atoms with Crippen LogP contribution in [0.15, 0.2) is 35.7 Å². The standard InChI is InChI=1S/C12H12Cl2N2S/c13-9-4-1-5-10(14)12(9)11(16-15)7-8-3-2-6-17-8/h1-6,11,16H,7,15H2. The Labute approximate surface area is 114 Å². The summed E-state index contributed by atoms with van der Waals surface area (Å²) in [5.41, 5.74) is 3.63. The van der Waals surface area contributed by atoms with E-state index >= 15 is 0 Å². The largest absolute Gasteiger partial charge is 0.271 e. The summed E-state index contributed by atoms with van der Waals surface area (Å²) in [6, 6.07) is 9.48. The van der Waals surface area contributed by atoms with Gasteiger partial charge in [0.2, 0.25) is 0 Å². The molecule has 1 atom stereocenters. The third-order valence-electron chi connectivity index (χ3n) is 2.53. The number of halogens is 2. The second kappa shape index (κ2) is 5.85. The van der Waals surface area contributed by atoms with Gasteiger partial charge in [0.25, 0.3) is 0 Å². The van der Waals surface area contributed by atoms with Crippen LogP contribution in [0.3, 0.4) is 0 Å². The highest BCUT2D eigenvalue weighted by Crippen LogP contribution is 2.32. The van der Waals surface area contributed by atoms with Gasteiger partial charge in [-0.3, -0.25) is 11.3 Å². The highest BCUT2D eigenvalue weighted by Gasteiger charge is 2.17. The fraction of sp³-hybridized carbons (Fsp3) is 0.167. The van der Waals surface area contributed by atoms with E-state index in [-0.39, 0.29) is 6.04 Å². The van der Waals surface area contributed by atoms with E-state index in [0.29, 0.717) is 10.0 Å². The molecule has 17 heavy (non-hydrogen) atoms. The number of hydrogen-bond donors (Lipinski definition) is 2. The van der Waals surface area contributed by atoms with Crippen molar-refractivity contribution in [3.05, 3.63) is 56.2 Å². The van der Waals surface area contributed by atoms with Gasteiger partial charge < -0.3 is 0 Å². The van der Waals surface area contributed by atoms with Crippen molar-refractivity contribution in [2.24, 2.45) is 5.84 Å². The maximum absolute atomic E-state index is 6.17. The van der Waals surface area contributed by atoms with E-state index in [1.807, 2.05) is 29.6 Å². The third kappa shape index (κ3) is 3.00. The Hall–Kier alpha value is -0.580. The molecule has 0 spiro atoms. The first-order valence-electron chi connectivity index (χ1n) is 5.14. The third-order valence-corrected chi connectivity index (χ3v) is 4.09. The second-order valence-corrected chi connectivity index (χ2v) is 5.48. The monoisotopic (exact) mass is 286 g/mol. The Morgan fingerprint density at radius 2 is 1.88 bits per heavy atom. The van der Waals surface area contributed by atoms with E-state index in [1.54, 1.807) is 11.3 Å². The Balaban J connectivity index is 2.29. The molecule has 0 amide bonds. The van der Waals surface area contributed by atoms with E-state index in [1.165, 1.54) is 4.88 Å². The molecule has 1 aromatic carbocycles. The Morgan fingerprint density at radius 3 is 2.41 bits per heavy atom. The van der Waals surface area contributed by atoms with Crippen LogP contribution in [-0.2, 0) is 6.42 Å². The summed E-state index contributed by atoms with van der Waals surface area (Å²) < 4.78 is 0. The highest BCUT2D eigenvalue weighted by molar-refractivity contribution is 7.09. The molecule has 5 heteroatoms. The van der Waals surface area contributed by atoms with Crippen LogP contribution in [0.4, 0.5) is 0 Å². The molecular formula is C12H12Cl2N2S. The molecule has 0 saturated heterocycles. The lowest BCUT2D eigenvalue weighted by molar-refractivity contribution is 0.556. The van der Waals surface area contributed by atoms with E-state index in [2.05, 4.69) is 11.5 Å². The van der Waals surface area contributed by atoms with Crippen LogP contribution < -0.4 is 11.3 Å². The molecule has 0 bridgehead atoms. The Kier molecular flexibility index (Phi) is 4.42. The molecule has 1 unspecified atom stereocenters. The van der Waals surface area contributed by atoms with Crippen LogP contribution in [-0.4, -0.2) is 0 Å². The first kappa shape index (κ1) is 12.9. The van der Waals surface area contributed by atoms with Gasteiger partial charge in [0.05, 0.1) is 6.04 Å². The van der Waals surface area contributed by atoms with Gasteiger partial charge in [-0.2, -0.15) is 0 Å². The normalized spacial score (nSPS) is 12.6. The fourth-order valence-electron chi connectivity index (χ4n) is 1.72. The maximum Gasteiger partial charge on any atom is 0.0537 e. The molecule has 0 aliphatic heterocycles. The lowest BCUT2D eigenvalue weighted by Gasteiger charge is -2.18. The molecule has 2 nitrogen and oxygen atoms in total. The highest BCUT2D eigenvalue weighted by atomic mass is 35.5. The quantitative estimate of drug-likeness (QED) is 0.663. The number of rotatable bonds is 4. The van der Waals surface area contributed by atoms with Gasteiger partial charge in [-0.25, -0.2) is 0 Å². The van der Waals surface area contributed by atoms with Crippen molar-refractivity contribution < 1.29 is 0 Å². The van der Waals surface area contributed by atoms with Gasteiger partial charge >= 0.3 is 0 Å². The summed E-state index contributed by atoms with van der Waals surface area (Å²) >= 11 is 14.0. The summed E-state index contributed by atoms with van der Waals surface area (Å²) in [6.07, 6.45) is 0.775. The molecule has 2 aromatic rings. The molecule has 0 saturated carbocycles. The van der Waals surface area contributed by atoms with Gasteiger partial charge in [0.15, 0.2) is 0 Å². The number of benzene rings is 1. The number of hydrogen-bond acceptors (Lipinski definition) is 3. The fourth-order valence-corrected chi connectivity index (χ4v) is 3.13. The van der Waals surface area contributed by atoms with Crippen molar-refractivity contribution in [2.75, 3.05) is 0 Å².